The zero-order chi connectivity index (χ0) is 7.66. The number of unbranched alkanes of at least 4 members (excludes halogenated alkanes) is 3. The highest BCUT2D eigenvalue weighted by molar-refractivity contribution is 8.00. The fourth-order valence-corrected chi connectivity index (χ4v) is 0.933. The lowest BCUT2D eigenvalue weighted by atomic mass is 10.2. The minimum atomic E-state index is 1.36. The van der Waals surface area contributed by atoms with Crippen molar-refractivity contribution in [2.45, 2.75) is 46.0 Å². The molecule has 0 saturated carbocycles. The lowest BCUT2D eigenvalue weighted by Crippen LogP contribution is -1.94. The van der Waals surface area contributed by atoms with Gasteiger partial charge in [0, 0.05) is 0 Å². The molecule has 0 aromatic carbocycles. The van der Waals surface area contributed by atoms with Crippen LogP contribution in [0.15, 0.2) is 0 Å². The Labute approximate surface area is 69.8 Å². The molecule has 0 spiro atoms. The van der Waals surface area contributed by atoms with Crippen molar-refractivity contribution in [3.63, 3.8) is 0 Å². The van der Waals surface area contributed by atoms with Crippen molar-refractivity contribution in [3.05, 3.63) is 0 Å². The fourth-order valence-electron chi connectivity index (χ4n) is 0.644. The van der Waals surface area contributed by atoms with Gasteiger partial charge in [-0.15, -0.1) is 0 Å². The first-order valence-corrected chi connectivity index (χ1v) is 5.65. The summed E-state index contributed by atoms with van der Waals surface area (Å²) in [7, 11) is 0. The predicted molar refractivity (Wildman–Crippen MR) is 51.8 cm³/mol. The maximum absolute atomic E-state index is 2.23. The van der Waals surface area contributed by atoms with Crippen molar-refractivity contribution in [2.24, 2.45) is 0 Å². The second-order valence-corrected chi connectivity index (χ2v) is 3.90. The van der Waals surface area contributed by atoms with Crippen molar-refractivity contribution >= 4 is 11.8 Å². The Hall–Kier alpha value is 0.350. The second kappa shape index (κ2) is 9.35. The van der Waals surface area contributed by atoms with Gasteiger partial charge in [-0.3, -0.25) is 0 Å². The van der Waals surface area contributed by atoms with Crippen LogP contribution in [0.1, 0.15) is 46.0 Å². The lowest BCUT2D eigenvalue weighted by molar-refractivity contribution is 0.702. The zero-order valence-corrected chi connectivity index (χ0v) is 8.17. The summed E-state index contributed by atoms with van der Waals surface area (Å²) in [5, 5.41) is 0. The van der Waals surface area contributed by atoms with E-state index in [1.165, 1.54) is 43.6 Å². The molecule has 0 unspecified atom stereocenters. The summed E-state index contributed by atoms with van der Waals surface area (Å²) >= 11 is 2.04. The van der Waals surface area contributed by atoms with E-state index < -0.39 is 0 Å². The Morgan fingerprint density at radius 3 is 1.40 bits per heavy atom. The van der Waals surface area contributed by atoms with Crippen LogP contribution in [0.5, 0.6) is 0 Å². The van der Waals surface area contributed by atoms with E-state index in [4.69, 9.17) is 0 Å². The van der Waals surface area contributed by atoms with E-state index in [9.17, 15) is 0 Å². The van der Waals surface area contributed by atoms with Gasteiger partial charge in [-0.05, 0) is 17.9 Å². The molecule has 1 saturated heterocycles. The van der Waals surface area contributed by atoms with Gasteiger partial charge < -0.3 is 0 Å². The molecule has 0 aromatic heterocycles. The maximum Gasteiger partial charge on any atom is -0.00597 e. The van der Waals surface area contributed by atoms with Crippen LogP contribution < -0.4 is 0 Å². The molecule has 0 nitrogen and oxygen atoms in total. The van der Waals surface area contributed by atoms with Crippen molar-refractivity contribution in [3.8, 4) is 0 Å². The quantitative estimate of drug-likeness (QED) is 0.567. The monoisotopic (exact) mass is 160 g/mol. The van der Waals surface area contributed by atoms with Gasteiger partial charge in [0.25, 0.3) is 0 Å². The molecule has 0 radical (unpaired) electrons. The number of hydrogen-bond donors (Lipinski definition) is 0. The summed E-state index contributed by atoms with van der Waals surface area (Å²) in [6.45, 7) is 4.46. The molecule has 0 N–H and O–H groups in total. The van der Waals surface area contributed by atoms with Gasteiger partial charge in [0.15, 0.2) is 0 Å². The van der Waals surface area contributed by atoms with E-state index in [1.807, 2.05) is 11.8 Å². The standard InChI is InChI=1S/C6H14.C3H6S/c1-3-5-6-4-2;1-2-4-3-1/h3-6H2,1-2H3;1-3H2. The third kappa shape index (κ3) is 8.35. The van der Waals surface area contributed by atoms with Crippen molar-refractivity contribution in [2.75, 3.05) is 11.5 Å². The summed E-state index contributed by atoms with van der Waals surface area (Å²) < 4.78 is 0. The molecular formula is C9H20S. The van der Waals surface area contributed by atoms with Gasteiger partial charge in [-0.25, -0.2) is 0 Å². The van der Waals surface area contributed by atoms with Crippen molar-refractivity contribution < 1.29 is 0 Å². The molecule has 1 heterocycles. The normalized spacial score (nSPS) is 15.0. The summed E-state index contributed by atoms with van der Waals surface area (Å²) in [6, 6.07) is 0. The molecule has 0 aliphatic carbocycles. The van der Waals surface area contributed by atoms with E-state index in [1.54, 1.807) is 0 Å². The van der Waals surface area contributed by atoms with Crippen molar-refractivity contribution in [1.29, 1.82) is 0 Å². The predicted octanol–water partition coefficient (Wildman–Crippen LogP) is 3.71. The Balaban J connectivity index is 0.000000172. The van der Waals surface area contributed by atoms with Gasteiger partial charge in [0.2, 0.25) is 0 Å². The van der Waals surface area contributed by atoms with Crippen LogP contribution in [0.25, 0.3) is 0 Å². The Kier molecular flexibility index (Phi) is 9.68. The third-order valence-corrected chi connectivity index (χ3v) is 2.69. The zero-order valence-electron chi connectivity index (χ0n) is 7.36. The summed E-state index contributed by atoms with van der Waals surface area (Å²) in [5.74, 6) is 2.83. The van der Waals surface area contributed by atoms with Gasteiger partial charge in [-0.1, -0.05) is 39.5 Å². The molecule has 0 amide bonds. The Morgan fingerprint density at radius 2 is 1.30 bits per heavy atom. The van der Waals surface area contributed by atoms with E-state index in [0.717, 1.165) is 0 Å². The average Bonchev–Trinajstić information content (AvgIpc) is 1.79. The van der Waals surface area contributed by atoms with Crippen LogP contribution in [0.4, 0.5) is 0 Å². The second-order valence-electron chi connectivity index (χ2n) is 2.67. The van der Waals surface area contributed by atoms with Crippen LogP contribution in [0, 0.1) is 0 Å². The summed E-state index contributed by atoms with van der Waals surface area (Å²) in [6.07, 6.45) is 7.00. The fraction of sp³-hybridized carbons (Fsp3) is 1.00. The maximum atomic E-state index is 2.23. The molecule has 62 valence electrons. The molecular weight excluding hydrogens is 140 g/mol. The minimum absolute atomic E-state index is 1.36. The SMILES string of the molecule is C1CSC1.CCCCCC. The Morgan fingerprint density at radius 1 is 1.00 bits per heavy atom. The summed E-state index contributed by atoms with van der Waals surface area (Å²) in [5.41, 5.74) is 0. The molecule has 1 aliphatic rings. The molecule has 1 rings (SSSR count). The van der Waals surface area contributed by atoms with Crippen LogP contribution in [0.3, 0.4) is 0 Å². The molecule has 1 heteroatoms. The highest BCUT2D eigenvalue weighted by Gasteiger charge is 1.95. The lowest BCUT2D eigenvalue weighted by Gasteiger charge is -2.05. The van der Waals surface area contributed by atoms with Gasteiger partial charge in [-0.2, -0.15) is 11.8 Å². The van der Waals surface area contributed by atoms with Gasteiger partial charge in [0.05, 0.1) is 0 Å². The van der Waals surface area contributed by atoms with E-state index >= 15 is 0 Å². The van der Waals surface area contributed by atoms with Crippen LogP contribution in [0.2, 0.25) is 0 Å². The first-order valence-electron chi connectivity index (χ1n) is 4.49. The van der Waals surface area contributed by atoms with Crippen molar-refractivity contribution in [1.82, 2.24) is 0 Å². The largest absolute Gasteiger partial charge is 0.162 e. The van der Waals surface area contributed by atoms with E-state index in [0.29, 0.717) is 0 Å². The average molecular weight is 160 g/mol. The van der Waals surface area contributed by atoms with Crippen LogP contribution >= 0.6 is 11.8 Å². The molecule has 0 atom stereocenters. The topological polar surface area (TPSA) is 0 Å². The Bertz CT molecular complexity index is 40.7. The molecule has 1 aliphatic heterocycles. The number of hydrogen-bond acceptors (Lipinski definition) is 1. The van der Waals surface area contributed by atoms with Gasteiger partial charge >= 0.3 is 0 Å². The number of thioether (sulfide) groups is 1. The molecule has 1 fully saturated rings. The first-order chi connectivity index (χ1) is 4.91. The highest BCUT2D eigenvalue weighted by atomic mass is 32.2. The molecule has 0 aromatic rings. The first kappa shape index (κ1) is 10.3. The van der Waals surface area contributed by atoms with Crippen LogP contribution in [-0.4, -0.2) is 11.5 Å². The smallest absolute Gasteiger partial charge is 0.00597 e. The minimum Gasteiger partial charge on any atom is -0.162 e. The van der Waals surface area contributed by atoms with E-state index in [-0.39, 0.29) is 0 Å². The van der Waals surface area contributed by atoms with Gasteiger partial charge in [0.1, 0.15) is 0 Å². The van der Waals surface area contributed by atoms with Crippen LogP contribution in [-0.2, 0) is 0 Å². The highest BCUT2D eigenvalue weighted by Crippen LogP contribution is 2.14. The molecule has 0 bridgehead atoms. The van der Waals surface area contributed by atoms with E-state index in [2.05, 4.69) is 13.8 Å². The third-order valence-electron chi connectivity index (χ3n) is 1.53. The number of rotatable bonds is 3. The summed E-state index contributed by atoms with van der Waals surface area (Å²) in [4.78, 5) is 0. The molecule has 10 heavy (non-hydrogen) atoms.